The Bertz CT molecular complexity index is 1070. The van der Waals surface area contributed by atoms with Crippen molar-refractivity contribution in [1.82, 2.24) is 15.6 Å². The third kappa shape index (κ3) is 11.1. The van der Waals surface area contributed by atoms with E-state index in [-0.39, 0.29) is 54.1 Å². The van der Waals surface area contributed by atoms with E-state index in [2.05, 4.69) is 20.9 Å². The summed E-state index contributed by atoms with van der Waals surface area (Å²) in [4.78, 5) is 50.4. The molecule has 1 aromatic heterocycles. The molecule has 2 rings (SSSR count). The molecule has 0 radical (unpaired) electrons. The first-order valence-corrected chi connectivity index (χ1v) is 11.3. The summed E-state index contributed by atoms with van der Waals surface area (Å²) in [6.07, 6.45) is 3.90. The number of aliphatic carboxylic acids is 1. The number of rotatable bonds is 14. The maximum Gasteiger partial charge on any atom is 1.00 e. The summed E-state index contributed by atoms with van der Waals surface area (Å²) >= 11 is 0. The molecular formula is C24H31N5NaO6+. The summed E-state index contributed by atoms with van der Waals surface area (Å²) in [6.45, 7) is 3.98. The number of anilines is 1. The van der Waals surface area contributed by atoms with Crippen molar-refractivity contribution >= 4 is 29.3 Å². The Morgan fingerprint density at radius 3 is 2.50 bits per heavy atom. The van der Waals surface area contributed by atoms with Crippen molar-refractivity contribution in [1.29, 1.82) is 0 Å². The summed E-state index contributed by atoms with van der Waals surface area (Å²) in [5, 5.41) is 28.7. The van der Waals surface area contributed by atoms with Gasteiger partial charge in [-0.25, -0.2) is 4.98 Å². The smallest absolute Gasteiger partial charge is 0.481 e. The first kappa shape index (κ1) is 31.0. The maximum absolute atomic E-state index is 12.3. The number of hydrogen-bond acceptors (Lipinski definition) is 7. The topological polar surface area (TPSA) is 164 Å². The molecule has 11 nitrogen and oxygen atoms in total. The van der Waals surface area contributed by atoms with Crippen LogP contribution in [0.1, 0.15) is 54.8 Å². The molecule has 0 saturated heterocycles. The van der Waals surface area contributed by atoms with Gasteiger partial charge in [0.05, 0.1) is 23.9 Å². The van der Waals surface area contributed by atoms with Crippen molar-refractivity contribution in [3.05, 3.63) is 63.3 Å². The third-order valence-electron chi connectivity index (χ3n) is 5.29. The number of nitrogens with one attached hydrogen (secondary N) is 3. The fourth-order valence-electron chi connectivity index (χ4n) is 3.42. The Morgan fingerprint density at radius 2 is 1.83 bits per heavy atom. The van der Waals surface area contributed by atoms with Gasteiger partial charge in [-0.15, -0.1) is 0 Å². The van der Waals surface area contributed by atoms with Crippen LogP contribution >= 0.6 is 0 Å². The van der Waals surface area contributed by atoms with Gasteiger partial charge in [-0.1, -0.05) is 18.6 Å². The van der Waals surface area contributed by atoms with Crippen LogP contribution in [0.4, 0.5) is 11.5 Å². The molecule has 0 aliphatic rings. The van der Waals surface area contributed by atoms with Crippen LogP contribution in [-0.2, 0) is 14.4 Å². The molecule has 12 heteroatoms. The van der Waals surface area contributed by atoms with Crippen LogP contribution in [0.2, 0.25) is 0 Å². The second kappa shape index (κ2) is 15.9. The molecule has 4 N–H and O–H groups in total. The molecule has 0 spiro atoms. The molecule has 2 amide bonds. The number of carboxylic acid groups (broad SMARTS) is 1. The largest absolute Gasteiger partial charge is 1.00 e. The van der Waals surface area contributed by atoms with E-state index in [1.165, 1.54) is 12.1 Å². The van der Waals surface area contributed by atoms with Crippen LogP contribution in [0.15, 0.2) is 36.5 Å². The van der Waals surface area contributed by atoms with Crippen LogP contribution in [0.3, 0.4) is 0 Å². The zero-order valence-corrected chi connectivity index (χ0v) is 22.9. The molecule has 1 unspecified atom stereocenters. The van der Waals surface area contributed by atoms with E-state index in [4.69, 9.17) is 0 Å². The van der Waals surface area contributed by atoms with Crippen molar-refractivity contribution in [3.8, 4) is 0 Å². The van der Waals surface area contributed by atoms with Gasteiger partial charge in [0, 0.05) is 30.8 Å². The van der Waals surface area contributed by atoms with Gasteiger partial charge in [-0.3, -0.25) is 24.5 Å². The van der Waals surface area contributed by atoms with Crippen LogP contribution in [0.25, 0.3) is 0 Å². The second-order valence-electron chi connectivity index (χ2n) is 8.25. The standard InChI is InChI=1S/C24H31N5O6.Na/c1-16-9-11-26-21(12-16)25-10-5-3-4-6-22(30)27-15-23(31)28-19(14-24(32)33)18-8-7-17(2)20(13-18)29(34)35;/h7-9,11-13,19H,3-6,10,14-15H2,1-2H3,(H,25,26)(H,27,30)(H,28,31)(H,32,33);/q;+1. The molecule has 0 aliphatic carbocycles. The van der Waals surface area contributed by atoms with Gasteiger partial charge in [0.15, 0.2) is 0 Å². The predicted octanol–water partition coefficient (Wildman–Crippen LogP) is 0.0313. The zero-order chi connectivity index (χ0) is 25.8. The van der Waals surface area contributed by atoms with Gasteiger partial charge in [0.25, 0.3) is 5.69 Å². The number of benzene rings is 1. The fraction of sp³-hybridized carbons (Fsp3) is 0.417. The average Bonchev–Trinajstić information content (AvgIpc) is 2.79. The van der Waals surface area contributed by atoms with Crippen LogP contribution in [0.5, 0.6) is 0 Å². The van der Waals surface area contributed by atoms with Crippen molar-refractivity contribution in [3.63, 3.8) is 0 Å². The monoisotopic (exact) mass is 508 g/mol. The summed E-state index contributed by atoms with van der Waals surface area (Å²) in [6, 6.07) is 7.21. The number of pyridine rings is 1. The van der Waals surface area contributed by atoms with Crippen molar-refractivity contribution in [2.75, 3.05) is 18.4 Å². The van der Waals surface area contributed by atoms with Gasteiger partial charge in [0.2, 0.25) is 11.8 Å². The van der Waals surface area contributed by atoms with Gasteiger partial charge in [-0.2, -0.15) is 0 Å². The van der Waals surface area contributed by atoms with E-state index in [1.807, 2.05) is 19.1 Å². The molecule has 0 bridgehead atoms. The third-order valence-corrected chi connectivity index (χ3v) is 5.29. The van der Waals surface area contributed by atoms with Crippen molar-refractivity contribution in [2.45, 2.75) is 52.0 Å². The number of nitrogens with zero attached hydrogens (tertiary/aromatic N) is 2. The summed E-state index contributed by atoms with van der Waals surface area (Å²) in [7, 11) is 0. The Kier molecular flexibility index (Phi) is 13.7. The number of carbonyl (C=O) groups is 3. The summed E-state index contributed by atoms with van der Waals surface area (Å²) < 4.78 is 0. The number of nitro benzene ring substituents is 1. The van der Waals surface area contributed by atoms with Crippen molar-refractivity contribution in [2.24, 2.45) is 0 Å². The average molecular weight is 509 g/mol. The number of nitro groups is 1. The number of aromatic nitrogens is 1. The molecule has 1 atom stereocenters. The molecule has 36 heavy (non-hydrogen) atoms. The normalized spacial score (nSPS) is 11.1. The van der Waals surface area contributed by atoms with E-state index >= 15 is 0 Å². The zero-order valence-electron chi connectivity index (χ0n) is 20.9. The number of hydrogen-bond donors (Lipinski definition) is 4. The van der Waals surface area contributed by atoms with Crippen LogP contribution in [-0.4, -0.2) is 45.9 Å². The van der Waals surface area contributed by atoms with Gasteiger partial charge < -0.3 is 21.1 Å². The maximum atomic E-state index is 12.3. The molecule has 1 heterocycles. The summed E-state index contributed by atoms with van der Waals surface area (Å²) in [5.74, 6) is -1.22. The summed E-state index contributed by atoms with van der Waals surface area (Å²) in [5.41, 5.74) is 1.69. The fourth-order valence-corrected chi connectivity index (χ4v) is 3.42. The van der Waals surface area contributed by atoms with Crippen LogP contribution < -0.4 is 45.5 Å². The Balaban J connectivity index is 0.00000648. The Morgan fingerprint density at radius 1 is 1.08 bits per heavy atom. The number of carbonyl (C=O) groups excluding carboxylic acids is 2. The predicted molar refractivity (Wildman–Crippen MR) is 130 cm³/mol. The van der Waals surface area contributed by atoms with Gasteiger partial charge in [0.1, 0.15) is 5.82 Å². The Labute approximate surface area is 231 Å². The van der Waals surface area contributed by atoms with Crippen molar-refractivity contribution < 1.29 is 54.0 Å². The molecule has 0 saturated carbocycles. The molecule has 0 aliphatic heterocycles. The van der Waals surface area contributed by atoms with E-state index in [9.17, 15) is 29.6 Å². The quantitative estimate of drug-likeness (QED) is 0.120. The molecular weight excluding hydrogens is 477 g/mol. The minimum Gasteiger partial charge on any atom is -0.481 e. The number of aryl methyl sites for hydroxylation is 2. The van der Waals surface area contributed by atoms with Gasteiger partial charge in [-0.05, 0) is 49.9 Å². The SMILES string of the molecule is Cc1ccnc(NCCCCCC(=O)NCC(=O)NC(CC(=O)O)c2ccc(C)c([N+](=O)[O-])c2)c1.[Na+]. The van der Waals surface area contributed by atoms with E-state index in [1.54, 1.807) is 19.2 Å². The molecule has 0 fully saturated rings. The minimum absolute atomic E-state index is 0. The van der Waals surface area contributed by atoms with E-state index in [0.717, 1.165) is 30.8 Å². The first-order chi connectivity index (χ1) is 16.7. The van der Waals surface area contributed by atoms with E-state index in [0.29, 0.717) is 17.5 Å². The molecule has 1 aromatic carbocycles. The van der Waals surface area contributed by atoms with Gasteiger partial charge >= 0.3 is 35.5 Å². The number of amides is 2. The molecule has 188 valence electrons. The van der Waals surface area contributed by atoms with E-state index < -0.39 is 29.3 Å². The second-order valence-corrected chi connectivity index (χ2v) is 8.25. The minimum atomic E-state index is -1.17. The molecule has 2 aromatic rings. The number of carboxylic acids is 1. The van der Waals surface area contributed by atoms with Crippen LogP contribution in [0, 0.1) is 24.0 Å². The Hall–Kier alpha value is -3.02. The number of unbranched alkanes of at least 4 members (excludes halogenated alkanes) is 2. The first-order valence-electron chi connectivity index (χ1n) is 11.3.